The first-order valence-electron chi connectivity index (χ1n) is 21.4. The minimum absolute atomic E-state index is 0.303. The van der Waals surface area contributed by atoms with E-state index in [1.165, 1.54) is 39.1 Å². The van der Waals surface area contributed by atoms with Crippen molar-refractivity contribution in [3.63, 3.8) is 0 Å². The van der Waals surface area contributed by atoms with Gasteiger partial charge in [0, 0.05) is 69.5 Å². The third-order valence-electron chi connectivity index (χ3n) is 13.6. The Morgan fingerprint density at radius 1 is 0.737 bits per heavy atom. The maximum absolute atomic E-state index is 5.36. The average Bonchev–Trinajstić information content (AvgIpc) is 4.05. The van der Waals surface area contributed by atoms with Gasteiger partial charge in [-0.2, -0.15) is 0 Å². The average molecular weight is 766 g/mol. The maximum Gasteiger partial charge on any atom is 0.133 e. The molecule has 1 fully saturated rings. The summed E-state index contributed by atoms with van der Waals surface area (Å²) >= 11 is 2.11. The number of aromatic amines is 1. The van der Waals surface area contributed by atoms with Gasteiger partial charge in [-0.3, -0.25) is 0 Å². The van der Waals surface area contributed by atoms with E-state index in [1.807, 2.05) is 6.20 Å². The van der Waals surface area contributed by atoms with Crippen molar-refractivity contribution in [2.45, 2.75) is 87.1 Å². The van der Waals surface area contributed by atoms with E-state index in [2.05, 4.69) is 154 Å². The molecule has 6 aliphatic carbocycles. The van der Waals surface area contributed by atoms with Gasteiger partial charge < -0.3 is 15.2 Å². The summed E-state index contributed by atoms with van der Waals surface area (Å²) in [5, 5.41) is 3.49. The van der Waals surface area contributed by atoms with E-state index in [4.69, 9.17) is 9.97 Å². The van der Waals surface area contributed by atoms with Crippen LogP contribution in [0.2, 0.25) is 0 Å². The molecule has 0 bridgehead atoms. The van der Waals surface area contributed by atoms with Crippen molar-refractivity contribution in [2.24, 2.45) is 5.92 Å². The molecule has 7 atom stereocenters. The molecule has 7 unspecified atom stereocenters. The number of hydrogen-bond donors (Lipinski definition) is 2. The standard InChI is InChI=1S/C51H51N5S/c1-3-9-36(10-4-1)47-42-23-24-46-48(50(42)57-49(47)37-11-5-2-6-12-37)41-13-7-8-14-45(41)56(46)40-21-19-38(20-22-40)51-54-43(31-44(55-51)35-25-28-52-29-26-35)34-17-15-33(16-18-34)39-27-30-53-32-39/h2-3,5-11,13-15,17-18,21,23-25,27,30-33,37-38,41,45-46,48,52-53H,1,4,12,16,19-20,22,26,28-29H2. The third kappa shape index (κ3) is 6.42. The molecule has 0 spiro atoms. The lowest BCUT2D eigenvalue weighted by Crippen LogP contribution is -2.37. The summed E-state index contributed by atoms with van der Waals surface area (Å²) in [5.74, 6) is 3.05. The molecule has 1 saturated heterocycles. The molecule has 0 amide bonds. The number of aromatic nitrogens is 3. The van der Waals surface area contributed by atoms with Gasteiger partial charge in [-0.25, -0.2) is 9.97 Å². The van der Waals surface area contributed by atoms with E-state index in [0.717, 1.165) is 81.7 Å². The minimum Gasteiger partial charge on any atom is -0.367 e. The number of nitrogens with zero attached hydrogens (tertiary/aromatic N) is 3. The second-order valence-corrected chi connectivity index (χ2v) is 18.0. The van der Waals surface area contributed by atoms with Gasteiger partial charge in [0.2, 0.25) is 0 Å². The van der Waals surface area contributed by atoms with Gasteiger partial charge in [-0.15, -0.1) is 11.3 Å². The van der Waals surface area contributed by atoms with Crippen molar-refractivity contribution in [1.29, 1.82) is 0 Å². The highest BCUT2D eigenvalue weighted by Gasteiger charge is 2.51. The summed E-state index contributed by atoms with van der Waals surface area (Å²) in [6.45, 7) is 1.90. The molecule has 8 aliphatic rings. The molecule has 11 rings (SSSR count). The highest BCUT2D eigenvalue weighted by molar-refractivity contribution is 7.12. The van der Waals surface area contributed by atoms with Crippen molar-refractivity contribution in [2.75, 3.05) is 13.1 Å². The molecule has 3 aromatic rings. The van der Waals surface area contributed by atoms with Crippen LogP contribution in [0.3, 0.4) is 0 Å². The van der Waals surface area contributed by atoms with E-state index in [9.17, 15) is 0 Å². The lowest BCUT2D eigenvalue weighted by atomic mass is 9.78. The zero-order valence-corrected chi connectivity index (χ0v) is 33.4. The summed E-state index contributed by atoms with van der Waals surface area (Å²) in [6, 6.07) is 5.14. The van der Waals surface area contributed by atoms with E-state index >= 15 is 0 Å². The van der Waals surface area contributed by atoms with Gasteiger partial charge in [-0.05, 0) is 97.9 Å². The molecule has 5 heterocycles. The Morgan fingerprint density at radius 2 is 1.68 bits per heavy atom. The van der Waals surface area contributed by atoms with E-state index in [0.29, 0.717) is 41.7 Å². The van der Waals surface area contributed by atoms with Crippen molar-refractivity contribution >= 4 is 34.1 Å². The number of allylic oxidation sites excluding steroid dienone is 16. The lowest BCUT2D eigenvalue weighted by Gasteiger charge is -2.37. The monoisotopic (exact) mass is 765 g/mol. The van der Waals surface area contributed by atoms with Gasteiger partial charge in [0.05, 0.1) is 23.5 Å². The molecule has 6 heteroatoms. The molecule has 2 aliphatic heterocycles. The summed E-state index contributed by atoms with van der Waals surface area (Å²) in [6.07, 6.45) is 55.6. The summed E-state index contributed by atoms with van der Waals surface area (Å²) in [7, 11) is 0. The molecule has 5 nitrogen and oxygen atoms in total. The fraction of sp³-hybridized carbons (Fsp3) is 0.333. The summed E-state index contributed by atoms with van der Waals surface area (Å²) < 4.78 is 0. The van der Waals surface area contributed by atoms with Crippen LogP contribution in [-0.2, 0) is 0 Å². The summed E-state index contributed by atoms with van der Waals surface area (Å²) in [4.78, 5) is 19.9. The highest BCUT2D eigenvalue weighted by Crippen LogP contribution is 2.56. The van der Waals surface area contributed by atoms with Crippen molar-refractivity contribution in [1.82, 2.24) is 25.2 Å². The second kappa shape index (κ2) is 15.0. The SMILES string of the molecule is C1=CCC(c2sc3c(c2C2=CCCC=C2)C=CC2C3C3C=CC=CC3N2C2=CCC(c3nc(C4=CCC(c5cc[nH]c5)C=C4)cc(C4=CCNCC4)n3)CC2)C=C1. The molecule has 57 heavy (non-hydrogen) atoms. The van der Waals surface area contributed by atoms with Crippen LogP contribution in [-0.4, -0.2) is 45.0 Å². The number of hydrogen-bond acceptors (Lipinski definition) is 5. The van der Waals surface area contributed by atoms with Gasteiger partial charge in [0.1, 0.15) is 5.82 Å². The molecule has 0 radical (unpaired) electrons. The first-order valence-corrected chi connectivity index (χ1v) is 22.3. The first kappa shape index (κ1) is 35.1. The van der Waals surface area contributed by atoms with Crippen LogP contribution in [0.25, 0.3) is 22.8 Å². The Bertz CT molecular complexity index is 2400. The Balaban J connectivity index is 0.904. The van der Waals surface area contributed by atoms with Crippen LogP contribution in [0.15, 0.2) is 134 Å². The molecular formula is C51H51N5S. The zero-order chi connectivity index (χ0) is 37.7. The molecule has 2 N–H and O–H groups in total. The number of likely N-dealkylation sites (tertiary alicyclic amines) is 1. The summed E-state index contributed by atoms with van der Waals surface area (Å²) in [5.41, 5.74) is 12.0. The Kier molecular flexibility index (Phi) is 9.27. The normalized spacial score (nSPS) is 29.8. The smallest absolute Gasteiger partial charge is 0.133 e. The lowest BCUT2D eigenvalue weighted by molar-refractivity contribution is 0.282. The second-order valence-electron chi connectivity index (χ2n) is 16.9. The number of thiophene rings is 1. The van der Waals surface area contributed by atoms with Gasteiger partial charge in [-0.1, -0.05) is 109 Å². The number of fused-ring (bicyclic) bond motifs is 5. The quantitative estimate of drug-likeness (QED) is 0.251. The van der Waals surface area contributed by atoms with Gasteiger partial charge in [0.25, 0.3) is 0 Å². The third-order valence-corrected chi connectivity index (χ3v) is 15.0. The fourth-order valence-corrected chi connectivity index (χ4v) is 12.3. The van der Waals surface area contributed by atoms with Crippen molar-refractivity contribution < 1.29 is 0 Å². The molecule has 0 saturated carbocycles. The van der Waals surface area contributed by atoms with E-state index in [1.54, 1.807) is 9.75 Å². The van der Waals surface area contributed by atoms with Gasteiger partial charge in [0.15, 0.2) is 0 Å². The predicted molar refractivity (Wildman–Crippen MR) is 237 cm³/mol. The zero-order valence-electron chi connectivity index (χ0n) is 32.6. The van der Waals surface area contributed by atoms with Crippen LogP contribution in [0, 0.1) is 5.92 Å². The van der Waals surface area contributed by atoms with Crippen molar-refractivity contribution in [3.8, 4) is 0 Å². The molecule has 0 aromatic carbocycles. The van der Waals surface area contributed by atoms with Gasteiger partial charge >= 0.3 is 0 Å². The van der Waals surface area contributed by atoms with Crippen LogP contribution in [0.4, 0.5) is 0 Å². The predicted octanol–water partition coefficient (Wildman–Crippen LogP) is 11.5. The van der Waals surface area contributed by atoms with Crippen molar-refractivity contribution in [3.05, 3.63) is 177 Å². The molecular weight excluding hydrogens is 715 g/mol. The minimum atomic E-state index is 0.303. The largest absolute Gasteiger partial charge is 0.367 e. The van der Waals surface area contributed by atoms with Crippen LogP contribution in [0.1, 0.15) is 119 Å². The molecule has 286 valence electrons. The van der Waals surface area contributed by atoms with E-state index in [-0.39, 0.29) is 0 Å². The van der Waals surface area contributed by atoms with Crippen LogP contribution >= 0.6 is 11.3 Å². The Morgan fingerprint density at radius 3 is 2.47 bits per heavy atom. The fourth-order valence-electron chi connectivity index (χ4n) is 10.7. The molecule has 3 aromatic heterocycles. The van der Waals surface area contributed by atoms with Crippen LogP contribution in [0.5, 0.6) is 0 Å². The maximum atomic E-state index is 5.36. The van der Waals surface area contributed by atoms with Crippen LogP contribution < -0.4 is 5.32 Å². The van der Waals surface area contributed by atoms with E-state index < -0.39 is 0 Å². The number of nitrogens with one attached hydrogen (secondary N) is 2. The number of H-pyrrole nitrogens is 1. The highest BCUT2D eigenvalue weighted by atomic mass is 32.1. The Labute approximate surface area is 341 Å². The first-order chi connectivity index (χ1) is 28.3. The topological polar surface area (TPSA) is 56.8 Å². The Hall–Kier alpha value is -5.04. The number of rotatable bonds is 7.